The first-order valence-corrected chi connectivity index (χ1v) is 10.3. The van der Waals surface area contributed by atoms with Gasteiger partial charge in [-0.15, -0.1) is 79.5 Å². The van der Waals surface area contributed by atoms with Crippen molar-refractivity contribution in [2.45, 2.75) is 19.8 Å². The van der Waals surface area contributed by atoms with Gasteiger partial charge in [0.15, 0.2) is 0 Å². The minimum Gasteiger partial charge on any atom is -1.00 e. The average molecular weight is 535 g/mol. The summed E-state index contributed by atoms with van der Waals surface area (Å²) < 4.78 is 0. The van der Waals surface area contributed by atoms with Gasteiger partial charge in [-0.3, -0.25) is 0 Å². The Morgan fingerprint density at radius 1 is 0.500 bits per heavy atom. The summed E-state index contributed by atoms with van der Waals surface area (Å²) in [7, 11) is 0. The van der Waals surface area contributed by atoms with Crippen LogP contribution < -0.4 is 24.8 Å². The van der Waals surface area contributed by atoms with E-state index < -0.39 is 0 Å². The van der Waals surface area contributed by atoms with Crippen molar-refractivity contribution in [2.24, 2.45) is 0 Å². The van der Waals surface area contributed by atoms with Crippen molar-refractivity contribution in [1.29, 1.82) is 0 Å². The van der Waals surface area contributed by atoms with Crippen molar-refractivity contribution in [2.75, 3.05) is 0 Å². The normalized spacial score (nSPS) is 10.3. The van der Waals surface area contributed by atoms with Gasteiger partial charge >= 0.3 is 26.2 Å². The number of rotatable bonds is 1. The van der Waals surface area contributed by atoms with Gasteiger partial charge in [0.1, 0.15) is 0 Å². The summed E-state index contributed by atoms with van der Waals surface area (Å²) in [5.41, 5.74) is 1.42. The van der Waals surface area contributed by atoms with Crippen LogP contribution in [0.4, 0.5) is 0 Å². The molecule has 0 heterocycles. The molecule has 0 unspecified atom stereocenters. The van der Waals surface area contributed by atoms with Crippen LogP contribution in [-0.4, -0.2) is 0 Å². The Balaban J connectivity index is 0.000000211. The van der Waals surface area contributed by atoms with Crippen molar-refractivity contribution in [1.82, 2.24) is 0 Å². The molecule has 158 valence electrons. The summed E-state index contributed by atoms with van der Waals surface area (Å²) >= 11 is 0. The number of halogens is 2. The predicted molar refractivity (Wildman–Crippen MR) is 128 cm³/mol. The quantitative estimate of drug-likeness (QED) is 0.285. The average Bonchev–Trinajstić information content (AvgIpc) is 3.32. The number of hydrogen-bond donors (Lipinski definition) is 0. The van der Waals surface area contributed by atoms with Gasteiger partial charge in [-0.25, -0.2) is 0 Å². The zero-order valence-corrected chi connectivity index (χ0v) is 22.1. The van der Waals surface area contributed by atoms with Gasteiger partial charge in [0, 0.05) is 0 Å². The van der Waals surface area contributed by atoms with Crippen LogP contribution >= 0.6 is 0 Å². The maximum atomic E-state index is 2.32. The first-order valence-electron chi connectivity index (χ1n) is 10.3. The van der Waals surface area contributed by atoms with E-state index in [2.05, 4.69) is 117 Å². The zero-order valence-electron chi connectivity index (χ0n) is 18.1. The summed E-state index contributed by atoms with van der Waals surface area (Å²) in [5.74, 6) is 0.599. The third-order valence-corrected chi connectivity index (χ3v) is 5.83. The van der Waals surface area contributed by atoms with E-state index in [9.17, 15) is 0 Å². The van der Waals surface area contributed by atoms with Crippen LogP contribution in [0.5, 0.6) is 0 Å². The molecule has 0 N–H and O–H groups in total. The van der Waals surface area contributed by atoms with E-state index in [0.717, 1.165) is 0 Å². The summed E-state index contributed by atoms with van der Waals surface area (Å²) in [4.78, 5) is 0. The molecule has 32 heavy (non-hydrogen) atoms. The fourth-order valence-electron chi connectivity index (χ4n) is 4.24. The van der Waals surface area contributed by atoms with Crippen LogP contribution in [0.3, 0.4) is 0 Å². The first-order chi connectivity index (χ1) is 14.2. The number of fused-ring (bicyclic) bond motifs is 6. The third kappa shape index (κ3) is 5.02. The van der Waals surface area contributed by atoms with E-state index in [1.165, 1.54) is 48.7 Å². The first kappa shape index (κ1) is 26.3. The molecule has 6 rings (SSSR count). The maximum absolute atomic E-state index is 2.32. The number of benzene rings is 4. The second-order valence-electron chi connectivity index (χ2n) is 8.05. The van der Waals surface area contributed by atoms with Crippen molar-refractivity contribution in [3.8, 4) is 0 Å². The van der Waals surface area contributed by atoms with Crippen LogP contribution in [0.2, 0.25) is 0 Å². The van der Waals surface area contributed by atoms with E-state index in [1.807, 2.05) is 0 Å². The second kappa shape index (κ2) is 11.3. The standard InChI is InChI=1S/C16H15.C13H9.2ClH.Zr/c1-11(2)12-7-8-16-14(9-12)10-13-5-3-4-6-15(13)16;1-3-7-12-10(5-1)9-11-6-2-4-8-13(11)12;;;/h3-11H,1-2H3;1-9H;2*1H;/q2*-1;;;+4/p-2. The smallest absolute Gasteiger partial charge is 1.00 e. The molecule has 0 bridgehead atoms. The Morgan fingerprint density at radius 2 is 0.875 bits per heavy atom. The fourth-order valence-corrected chi connectivity index (χ4v) is 4.24. The van der Waals surface area contributed by atoms with Gasteiger partial charge in [-0.2, -0.15) is 0 Å². The van der Waals surface area contributed by atoms with E-state index in [0.29, 0.717) is 5.92 Å². The van der Waals surface area contributed by atoms with Crippen LogP contribution in [0.25, 0.3) is 43.1 Å². The Morgan fingerprint density at radius 3 is 1.31 bits per heavy atom. The van der Waals surface area contributed by atoms with Gasteiger partial charge < -0.3 is 24.8 Å². The topological polar surface area (TPSA) is 0 Å². The van der Waals surface area contributed by atoms with E-state index >= 15 is 0 Å². The summed E-state index contributed by atoms with van der Waals surface area (Å²) in [6.07, 6.45) is 0. The van der Waals surface area contributed by atoms with Crippen molar-refractivity contribution in [3.63, 3.8) is 0 Å². The van der Waals surface area contributed by atoms with Crippen LogP contribution in [0, 0.1) is 0 Å². The molecule has 6 aromatic carbocycles. The molecule has 3 heteroatoms. The van der Waals surface area contributed by atoms with Gasteiger partial charge in [0.25, 0.3) is 0 Å². The molecule has 0 aliphatic heterocycles. The zero-order chi connectivity index (χ0) is 19.8. The van der Waals surface area contributed by atoms with E-state index in [1.54, 1.807) is 0 Å². The molecule has 0 spiro atoms. The molecule has 0 aliphatic rings. The molecule has 0 nitrogen and oxygen atoms in total. The van der Waals surface area contributed by atoms with E-state index in [-0.39, 0.29) is 51.0 Å². The summed E-state index contributed by atoms with van der Waals surface area (Å²) in [5, 5.41) is 10.8. The molecule has 0 saturated heterocycles. The van der Waals surface area contributed by atoms with Crippen molar-refractivity contribution >= 4 is 43.1 Å². The monoisotopic (exact) mass is 532 g/mol. The molecule has 0 aromatic heterocycles. The van der Waals surface area contributed by atoms with E-state index in [4.69, 9.17) is 0 Å². The summed E-state index contributed by atoms with van der Waals surface area (Å²) in [6, 6.07) is 37.0. The molecule has 0 saturated carbocycles. The Labute approximate surface area is 221 Å². The molecule has 0 amide bonds. The molecular formula is C29H24Cl2Zr. The molecule has 6 aromatic rings. The molecule has 0 aliphatic carbocycles. The minimum atomic E-state index is 0. The maximum Gasteiger partial charge on any atom is 4.00 e. The SMILES string of the molecule is CC(C)c1ccc2c(c1)[cH-]c1ccccc12.[Cl-].[Cl-].[Zr+4].c1ccc2c(c1)[cH-]c1ccccc12. The largest absolute Gasteiger partial charge is 4.00 e. The second-order valence-corrected chi connectivity index (χ2v) is 8.05. The fraction of sp³-hybridized carbons (Fsp3) is 0.103. The molecule has 0 fully saturated rings. The molecule has 0 radical (unpaired) electrons. The van der Waals surface area contributed by atoms with Crippen molar-refractivity contribution < 1.29 is 51.0 Å². The third-order valence-electron chi connectivity index (χ3n) is 5.83. The van der Waals surface area contributed by atoms with Crippen molar-refractivity contribution in [3.05, 3.63) is 109 Å². The predicted octanol–water partition coefficient (Wildman–Crippen LogP) is 2.55. The van der Waals surface area contributed by atoms with Crippen LogP contribution in [0.1, 0.15) is 25.3 Å². The van der Waals surface area contributed by atoms with Gasteiger partial charge in [0.05, 0.1) is 0 Å². The Hall–Kier alpha value is -1.92. The van der Waals surface area contributed by atoms with Crippen LogP contribution in [0.15, 0.2) is 103 Å². The number of hydrogen-bond acceptors (Lipinski definition) is 0. The Kier molecular flexibility index (Phi) is 9.29. The van der Waals surface area contributed by atoms with Gasteiger partial charge in [0.2, 0.25) is 0 Å². The molecule has 0 atom stereocenters. The van der Waals surface area contributed by atoms with Gasteiger partial charge in [-0.1, -0.05) is 86.1 Å². The molecular weight excluding hydrogens is 510 g/mol. The minimum absolute atomic E-state index is 0. The van der Waals surface area contributed by atoms with Crippen LogP contribution in [-0.2, 0) is 26.2 Å². The Bertz CT molecular complexity index is 1390. The summed E-state index contributed by atoms with van der Waals surface area (Å²) in [6.45, 7) is 4.48. The van der Waals surface area contributed by atoms with Gasteiger partial charge in [-0.05, 0) is 5.92 Å².